The SMILES string of the molecule is O=C(O)/C=C/c1cc(C(F)(F)F)cc(C(F)(F)F)c1I. The number of carbonyl (C=O) groups is 1. The zero-order chi connectivity index (χ0) is 15.7. The lowest BCUT2D eigenvalue weighted by Crippen LogP contribution is -2.13. The predicted molar refractivity (Wildman–Crippen MR) is 65.8 cm³/mol. The number of benzene rings is 1. The first-order valence-corrected chi connectivity index (χ1v) is 5.89. The van der Waals surface area contributed by atoms with Crippen molar-refractivity contribution in [2.24, 2.45) is 0 Å². The highest BCUT2D eigenvalue weighted by Crippen LogP contribution is 2.39. The van der Waals surface area contributed by atoms with Crippen molar-refractivity contribution in [2.75, 3.05) is 0 Å². The largest absolute Gasteiger partial charge is 0.478 e. The Labute approximate surface area is 122 Å². The van der Waals surface area contributed by atoms with Crippen LogP contribution in [0.15, 0.2) is 18.2 Å². The van der Waals surface area contributed by atoms with E-state index in [0.29, 0.717) is 18.2 Å². The van der Waals surface area contributed by atoms with Gasteiger partial charge in [0.1, 0.15) is 0 Å². The molecule has 0 saturated heterocycles. The Morgan fingerprint density at radius 1 is 1.10 bits per heavy atom. The molecule has 9 heteroatoms. The summed E-state index contributed by atoms with van der Waals surface area (Å²) in [5, 5.41) is 8.39. The molecular formula is C11H5F6IO2. The van der Waals surface area contributed by atoms with Gasteiger partial charge in [0.25, 0.3) is 0 Å². The van der Waals surface area contributed by atoms with Gasteiger partial charge in [-0.15, -0.1) is 0 Å². The van der Waals surface area contributed by atoms with Crippen molar-refractivity contribution in [3.8, 4) is 0 Å². The van der Waals surface area contributed by atoms with Crippen LogP contribution in [-0.4, -0.2) is 11.1 Å². The summed E-state index contributed by atoms with van der Waals surface area (Å²) < 4.78 is 75.2. The summed E-state index contributed by atoms with van der Waals surface area (Å²) in [6, 6.07) is 0.469. The van der Waals surface area contributed by atoms with Gasteiger partial charge in [0.15, 0.2) is 0 Å². The van der Waals surface area contributed by atoms with Crippen molar-refractivity contribution < 1.29 is 36.2 Å². The van der Waals surface area contributed by atoms with E-state index in [1.807, 2.05) is 0 Å². The summed E-state index contributed by atoms with van der Waals surface area (Å²) in [6.07, 6.45) is -8.77. The van der Waals surface area contributed by atoms with Crippen LogP contribution in [0.4, 0.5) is 26.3 Å². The molecule has 20 heavy (non-hydrogen) atoms. The van der Waals surface area contributed by atoms with Crippen molar-refractivity contribution in [1.29, 1.82) is 0 Å². The van der Waals surface area contributed by atoms with E-state index in [2.05, 4.69) is 0 Å². The highest BCUT2D eigenvalue weighted by molar-refractivity contribution is 14.1. The molecule has 0 radical (unpaired) electrons. The van der Waals surface area contributed by atoms with Crippen LogP contribution in [0.25, 0.3) is 6.08 Å². The van der Waals surface area contributed by atoms with Gasteiger partial charge in [0.05, 0.1) is 11.1 Å². The first kappa shape index (κ1) is 16.8. The number of hydrogen-bond acceptors (Lipinski definition) is 1. The first-order valence-electron chi connectivity index (χ1n) is 4.82. The Morgan fingerprint density at radius 2 is 1.65 bits per heavy atom. The Hall–Kier alpha value is -1.26. The molecule has 0 aliphatic carbocycles. The summed E-state index contributed by atoms with van der Waals surface area (Å²) in [5.74, 6) is -1.48. The Morgan fingerprint density at radius 3 is 2.05 bits per heavy atom. The van der Waals surface area contributed by atoms with Crippen molar-refractivity contribution in [3.63, 3.8) is 0 Å². The normalized spacial score (nSPS) is 12.9. The molecule has 1 rings (SSSR count). The molecule has 0 heterocycles. The Bertz CT molecular complexity index is 559. The molecule has 0 amide bonds. The van der Waals surface area contributed by atoms with E-state index in [9.17, 15) is 31.1 Å². The van der Waals surface area contributed by atoms with E-state index in [1.165, 1.54) is 22.6 Å². The maximum absolute atomic E-state index is 12.7. The van der Waals surface area contributed by atoms with Gasteiger partial charge < -0.3 is 5.11 Å². The third kappa shape index (κ3) is 4.12. The lowest BCUT2D eigenvalue weighted by Gasteiger charge is -2.15. The van der Waals surface area contributed by atoms with Crippen LogP contribution in [0.1, 0.15) is 16.7 Å². The van der Waals surface area contributed by atoms with Gasteiger partial charge in [-0.3, -0.25) is 0 Å². The third-order valence-electron chi connectivity index (χ3n) is 2.14. The smallest absolute Gasteiger partial charge is 0.417 e. The average Bonchev–Trinajstić information content (AvgIpc) is 2.24. The summed E-state index contributed by atoms with van der Waals surface area (Å²) in [6.45, 7) is 0. The minimum absolute atomic E-state index is 0.000119. The number of hydrogen-bond donors (Lipinski definition) is 1. The van der Waals surface area contributed by atoms with E-state index >= 15 is 0 Å². The second kappa shape index (κ2) is 5.62. The molecule has 1 aromatic rings. The fourth-order valence-electron chi connectivity index (χ4n) is 1.30. The second-order valence-corrected chi connectivity index (χ2v) is 4.67. The molecule has 110 valence electrons. The third-order valence-corrected chi connectivity index (χ3v) is 3.34. The monoisotopic (exact) mass is 410 g/mol. The number of carboxylic acid groups (broad SMARTS) is 1. The summed E-state index contributed by atoms with van der Waals surface area (Å²) >= 11 is 1.23. The highest BCUT2D eigenvalue weighted by atomic mass is 127. The van der Waals surface area contributed by atoms with Gasteiger partial charge in [-0.2, -0.15) is 26.3 Å². The zero-order valence-corrected chi connectivity index (χ0v) is 11.5. The zero-order valence-electron chi connectivity index (χ0n) is 9.31. The van der Waals surface area contributed by atoms with Crippen molar-refractivity contribution in [1.82, 2.24) is 0 Å². The maximum atomic E-state index is 12.7. The fraction of sp³-hybridized carbons (Fsp3) is 0.182. The van der Waals surface area contributed by atoms with Gasteiger partial charge in [0.2, 0.25) is 0 Å². The molecule has 0 spiro atoms. The van der Waals surface area contributed by atoms with Crippen LogP contribution in [0, 0.1) is 3.57 Å². The van der Waals surface area contributed by atoms with Crippen molar-refractivity contribution >= 4 is 34.6 Å². The molecule has 1 N–H and O–H groups in total. The molecule has 0 bridgehead atoms. The fourth-order valence-corrected chi connectivity index (χ4v) is 2.10. The molecule has 0 unspecified atom stereocenters. The highest BCUT2D eigenvalue weighted by Gasteiger charge is 2.38. The van der Waals surface area contributed by atoms with Crippen LogP contribution in [-0.2, 0) is 17.1 Å². The van der Waals surface area contributed by atoms with Crippen LogP contribution in [0.3, 0.4) is 0 Å². The van der Waals surface area contributed by atoms with E-state index in [1.54, 1.807) is 0 Å². The van der Waals surface area contributed by atoms with E-state index in [-0.39, 0.29) is 6.07 Å². The van der Waals surface area contributed by atoms with Gasteiger partial charge in [-0.05, 0) is 46.4 Å². The number of carboxylic acids is 1. The molecule has 0 saturated carbocycles. The topological polar surface area (TPSA) is 37.3 Å². The van der Waals surface area contributed by atoms with E-state index in [0.717, 1.165) is 0 Å². The molecule has 0 atom stereocenters. The summed E-state index contributed by atoms with van der Waals surface area (Å²) in [4.78, 5) is 10.3. The Balaban J connectivity index is 3.55. The van der Waals surface area contributed by atoms with Crippen LogP contribution in [0.5, 0.6) is 0 Å². The summed E-state index contributed by atoms with van der Waals surface area (Å²) in [5.41, 5.74) is -3.41. The molecule has 0 aromatic heterocycles. The number of halogens is 7. The van der Waals surface area contributed by atoms with Gasteiger partial charge in [-0.25, -0.2) is 4.79 Å². The number of rotatable bonds is 2. The second-order valence-electron chi connectivity index (χ2n) is 3.59. The molecule has 1 aromatic carbocycles. The summed E-state index contributed by atoms with van der Waals surface area (Å²) in [7, 11) is 0. The molecular weight excluding hydrogens is 405 g/mol. The van der Waals surface area contributed by atoms with Crippen LogP contribution < -0.4 is 0 Å². The predicted octanol–water partition coefficient (Wildman–Crippen LogP) is 4.43. The minimum atomic E-state index is -4.97. The van der Waals surface area contributed by atoms with Gasteiger partial charge in [0, 0.05) is 9.65 Å². The molecule has 2 nitrogen and oxygen atoms in total. The van der Waals surface area contributed by atoms with E-state index < -0.39 is 38.6 Å². The first-order chi connectivity index (χ1) is 8.93. The maximum Gasteiger partial charge on any atom is 0.417 e. The average molecular weight is 410 g/mol. The molecule has 0 aliphatic heterocycles. The van der Waals surface area contributed by atoms with Crippen molar-refractivity contribution in [3.05, 3.63) is 38.5 Å². The minimum Gasteiger partial charge on any atom is -0.478 e. The van der Waals surface area contributed by atoms with Crippen LogP contribution >= 0.6 is 22.6 Å². The quantitative estimate of drug-likeness (QED) is 0.445. The Kier molecular flexibility index (Phi) is 4.72. The van der Waals surface area contributed by atoms with Crippen LogP contribution in [0.2, 0.25) is 0 Å². The standard InChI is InChI=1S/C11H5F6IO2/c12-10(13,14)6-3-5(1-2-8(19)20)9(18)7(4-6)11(15,16)17/h1-4H,(H,19,20)/b2-1+. The van der Waals surface area contributed by atoms with E-state index in [4.69, 9.17) is 5.11 Å². The van der Waals surface area contributed by atoms with Crippen molar-refractivity contribution in [2.45, 2.75) is 12.4 Å². The molecule has 0 fully saturated rings. The lowest BCUT2D eigenvalue weighted by molar-refractivity contribution is -0.143. The van der Waals surface area contributed by atoms with Gasteiger partial charge >= 0.3 is 18.3 Å². The lowest BCUT2D eigenvalue weighted by atomic mass is 10.0. The van der Waals surface area contributed by atoms with Gasteiger partial charge in [-0.1, -0.05) is 0 Å². The number of alkyl halides is 6. The number of aliphatic carboxylic acids is 1. The molecule has 0 aliphatic rings.